The van der Waals surface area contributed by atoms with Gasteiger partial charge in [-0.2, -0.15) is 4.98 Å². The highest BCUT2D eigenvalue weighted by Crippen LogP contribution is 2.35. The molecule has 1 heterocycles. The van der Waals surface area contributed by atoms with Crippen LogP contribution < -0.4 is 5.32 Å². The molecule has 0 aliphatic rings. The summed E-state index contributed by atoms with van der Waals surface area (Å²) in [5.74, 6) is 0.108. The Morgan fingerprint density at radius 1 is 0.839 bits per heavy atom. The molecule has 0 aliphatic carbocycles. The van der Waals surface area contributed by atoms with E-state index < -0.39 is 9.84 Å². The third kappa shape index (κ3) is 4.72. The first kappa shape index (κ1) is 21.7. The van der Waals surface area contributed by atoms with Crippen LogP contribution in [0.2, 0.25) is 15.1 Å². The van der Waals surface area contributed by atoms with Crippen molar-refractivity contribution in [1.29, 1.82) is 0 Å². The van der Waals surface area contributed by atoms with Crippen molar-refractivity contribution < 1.29 is 12.8 Å². The van der Waals surface area contributed by atoms with Gasteiger partial charge in [-0.25, -0.2) is 8.42 Å². The molecule has 0 radical (unpaired) electrons. The molecule has 3 aromatic carbocycles. The average Bonchev–Trinajstić information content (AvgIpc) is 3.19. The van der Waals surface area contributed by atoms with E-state index in [1.54, 1.807) is 36.4 Å². The van der Waals surface area contributed by atoms with Crippen LogP contribution in [0.15, 0.2) is 87.1 Å². The molecule has 0 saturated carbocycles. The fraction of sp³-hybridized carbons (Fsp3) is 0.0455. The smallest absolute Gasteiger partial charge is 0.234 e. The Morgan fingerprint density at radius 2 is 1.45 bits per heavy atom. The summed E-state index contributed by atoms with van der Waals surface area (Å²) in [7, 11) is -3.99. The zero-order valence-corrected chi connectivity index (χ0v) is 18.9. The third-order valence-electron chi connectivity index (χ3n) is 4.45. The van der Waals surface area contributed by atoms with Crippen molar-refractivity contribution in [1.82, 2.24) is 4.98 Å². The lowest BCUT2D eigenvalue weighted by Gasteiger charge is -2.06. The summed E-state index contributed by atoms with van der Waals surface area (Å²) in [6.07, 6.45) is 0. The highest BCUT2D eigenvalue weighted by Gasteiger charge is 2.29. The SMILES string of the molecule is O=S(=O)(c1ccc(Cl)cc1)c1nc(-c2ccccc2Cl)oc1NCc1ccc(Cl)cc1. The van der Waals surface area contributed by atoms with Crippen LogP contribution in [0.4, 0.5) is 5.88 Å². The normalized spacial score (nSPS) is 11.5. The van der Waals surface area contributed by atoms with Crippen molar-refractivity contribution in [2.45, 2.75) is 16.5 Å². The average molecular weight is 494 g/mol. The van der Waals surface area contributed by atoms with E-state index in [4.69, 9.17) is 39.2 Å². The summed E-state index contributed by atoms with van der Waals surface area (Å²) in [6.45, 7) is 0.303. The molecule has 0 aliphatic heterocycles. The van der Waals surface area contributed by atoms with Crippen molar-refractivity contribution in [2.24, 2.45) is 0 Å². The first-order valence-corrected chi connectivity index (χ1v) is 11.7. The highest BCUT2D eigenvalue weighted by molar-refractivity contribution is 7.91. The zero-order valence-electron chi connectivity index (χ0n) is 15.8. The Labute approximate surface area is 194 Å². The molecule has 5 nitrogen and oxygen atoms in total. The minimum absolute atomic E-state index is 0.0137. The van der Waals surface area contributed by atoms with Crippen molar-refractivity contribution in [3.05, 3.63) is 93.4 Å². The molecule has 0 atom stereocenters. The van der Waals surface area contributed by atoms with Crippen LogP contribution in [0, 0.1) is 0 Å². The van der Waals surface area contributed by atoms with Crippen LogP contribution in [0.1, 0.15) is 5.56 Å². The van der Waals surface area contributed by atoms with Gasteiger partial charge in [0.05, 0.1) is 15.5 Å². The molecule has 0 spiro atoms. The molecule has 0 unspecified atom stereocenters. The molecule has 0 saturated heterocycles. The number of nitrogens with one attached hydrogen (secondary N) is 1. The minimum Gasteiger partial charge on any atom is -0.419 e. The van der Waals surface area contributed by atoms with Gasteiger partial charge < -0.3 is 9.73 Å². The van der Waals surface area contributed by atoms with Gasteiger partial charge in [0, 0.05) is 16.6 Å². The number of anilines is 1. The number of aromatic nitrogens is 1. The zero-order chi connectivity index (χ0) is 22.0. The number of sulfone groups is 1. The molecule has 0 fully saturated rings. The topological polar surface area (TPSA) is 72.2 Å². The van der Waals surface area contributed by atoms with Gasteiger partial charge >= 0.3 is 0 Å². The largest absolute Gasteiger partial charge is 0.419 e. The van der Waals surface area contributed by atoms with E-state index in [1.807, 2.05) is 12.1 Å². The van der Waals surface area contributed by atoms with Gasteiger partial charge in [-0.15, -0.1) is 0 Å². The van der Waals surface area contributed by atoms with Gasteiger partial charge in [-0.05, 0) is 54.1 Å². The molecule has 0 amide bonds. The van der Waals surface area contributed by atoms with Crippen molar-refractivity contribution in [2.75, 3.05) is 5.32 Å². The monoisotopic (exact) mass is 492 g/mol. The number of halogens is 3. The summed E-state index contributed by atoms with van der Waals surface area (Å²) in [4.78, 5) is 4.33. The molecule has 0 bridgehead atoms. The molecule has 4 aromatic rings. The maximum absolute atomic E-state index is 13.3. The van der Waals surface area contributed by atoms with Gasteiger partial charge in [0.2, 0.25) is 26.6 Å². The second-order valence-electron chi connectivity index (χ2n) is 6.57. The quantitative estimate of drug-likeness (QED) is 0.322. The number of hydrogen-bond acceptors (Lipinski definition) is 5. The fourth-order valence-electron chi connectivity index (χ4n) is 2.86. The summed E-state index contributed by atoms with van der Waals surface area (Å²) >= 11 is 18.1. The summed E-state index contributed by atoms with van der Waals surface area (Å²) in [5.41, 5.74) is 1.37. The van der Waals surface area contributed by atoms with E-state index in [2.05, 4.69) is 10.3 Å². The third-order valence-corrected chi connectivity index (χ3v) is 6.96. The van der Waals surface area contributed by atoms with E-state index >= 15 is 0 Å². The Morgan fingerprint density at radius 3 is 2.10 bits per heavy atom. The lowest BCUT2D eigenvalue weighted by Crippen LogP contribution is -2.07. The van der Waals surface area contributed by atoms with Gasteiger partial charge in [0.25, 0.3) is 0 Å². The van der Waals surface area contributed by atoms with E-state index in [1.165, 1.54) is 24.3 Å². The van der Waals surface area contributed by atoms with Gasteiger partial charge in [0.15, 0.2) is 0 Å². The van der Waals surface area contributed by atoms with E-state index in [-0.39, 0.29) is 21.7 Å². The Hall–Kier alpha value is -2.51. The summed E-state index contributed by atoms with van der Waals surface area (Å²) in [5, 5.41) is 4.21. The standard InChI is InChI=1S/C22H15Cl3N2O3S/c23-15-7-5-14(6-8-15)13-26-21-22(31(28,29)17-11-9-16(24)10-12-17)27-20(30-21)18-3-1-2-4-19(18)25/h1-12,26H,13H2. The Kier molecular flexibility index (Phi) is 6.25. The van der Waals surface area contributed by atoms with Crippen molar-refractivity contribution in [3.63, 3.8) is 0 Å². The predicted octanol–water partition coefficient (Wildman–Crippen LogP) is 6.75. The lowest BCUT2D eigenvalue weighted by molar-refractivity contribution is 0.577. The van der Waals surface area contributed by atoms with Crippen LogP contribution in [0.25, 0.3) is 11.5 Å². The van der Waals surface area contributed by atoms with E-state index in [0.717, 1.165) is 5.56 Å². The minimum atomic E-state index is -3.99. The van der Waals surface area contributed by atoms with Crippen LogP contribution >= 0.6 is 34.8 Å². The Balaban J connectivity index is 1.77. The van der Waals surface area contributed by atoms with Crippen molar-refractivity contribution >= 4 is 50.5 Å². The molecular weight excluding hydrogens is 479 g/mol. The molecular formula is C22H15Cl3N2O3S. The number of nitrogens with zero attached hydrogens (tertiary/aromatic N) is 1. The van der Waals surface area contributed by atoms with Crippen LogP contribution in [0.3, 0.4) is 0 Å². The van der Waals surface area contributed by atoms with Crippen LogP contribution in [-0.4, -0.2) is 13.4 Å². The number of benzene rings is 3. The summed E-state index contributed by atoms with van der Waals surface area (Å²) < 4.78 is 32.4. The van der Waals surface area contributed by atoms with Crippen LogP contribution in [0.5, 0.6) is 0 Å². The van der Waals surface area contributed by atoms with Gasteiger partial charge in [-0.3, -0.25) is 0 Å². The second kappa shape index (κ2) is 8.93. The number of oxazole rings is 1. The van der Waals surface area contributed by atoms with Crippen molar-refractivity contribution in [3.8, 4) is 11.5 Å². The number of rotatable bonds is 6. The van der Waals surface area contributed by atoms with Crippen LogP contribution in [-0.2, 0) is 16.4 Å². The van der Waals surface area contributed by atoms with Gasteiger partial charge in [-0.1, -0.05) is 59.1 Å². The predicted molar refractivity (Wildman–Crippen MR) is 123 cm³/mol. The summed E-state index contributed by atoms with van der Waals surface area (Å²) in [6, 6.07) is 19.9. The number of hydrogen-bond donors (Lipinski definition) is 1. The highest BCUT2D eigenvalue weighted by atomic mass is 35.5. The molecule has 158 valence electrons. The first-order valence-electron chi connectivity index (χ1n) is 9.09. The van der Waals surface area contributed by atoms with E-state index in [0.29, 0.717) is 27.2 Å². The molecule has 31 heavy (non-hydrogen) atoms. The van der Waals surface area contributed by atoms with E-state index in [9.17, 15) is 8.42 Å². The second-order valence-corrected chi connectivity index (χ2v) is 9.72. The molecule has 1 aromatic heterocycles. The van der Waals surface area contributed by atoms with Gasteiger partial charge in [0.1, 0.15) is 0 Å². The maximum atomic E-state index is 13.3. The lowest BCUT2D eigenvalue weighted by atomic mass is 10.2. The maximum Gasteiger partial charge on any atom is 0.234 e. The molecule has 9 heteroatoms. The molecule has 1 N–H and O–H groups in total. The first-order chi connectivity index (χ1) is 14.8. The fourth-order valence-corrected chi connectivity index (χ4v) is 4.61. The Bertz CT molecular complexity index is 1320. The molecule has 4 rings (SSSR count).